The lowest BCUT2D eigenvalue weighted by molar-refractivity contribution is -0.120. The second kappa shape index (κ2) is 15.2. The molecule has 0 unspecified atom stereocenters. The summed E-state index contributed by atoms with van der Waals surface area (Å²) >= 11 is 0. The molecular formula is C28H37N5O4. The van der Waals surface area contributed by atoms with Crippen molar-refractivity contribution in [3.8, 4) is 11.3 Å². The van der Waals surface area contributed by atoms with Crippen LogP contribution in [-0.4, -0.2) is 60.5 Å². The number of hydrogen-bond acceptors (Lipinski definition) is 6. The van der Waals surface area contributed by atoms with Crippen LogP contribution >= 0.6 is 0 Å². The minimum atomic E-state index is -0.409. The number of aryl methyl sites for hydroxylation is 2. The van der Waals surface area contributed by atoms with Gasteiger partial charge in [-0.2, -0.15) is 5.10 Å². The predicted octanol–water partition coefficient (Wildman–Crippen LogP) is 3.71. The number of carbonyl (C=O) groups excluding carboxylic acids is 2. The van der Waals surface area contributed by atoms with E-state index < -0.39 is 6.09 Å². The van der Waals surface area contributed by atoms with Gasteiger partial charge in [-0.05, 0) is 70.3 Å². The Bertz CT molecular complexity index is 1220. The molecule has 0 radical (unpaired) electrons. The quantitative estimate of drug-likeness (QED) is 0.457. The van der Waals surface area contributed by atoms with Gasteiger partial charge in [-0.3, -0.25) is 14.9 Å². The van der Waals surface area contributed by atoms with Crippen LogP contribution in [0.25, 0.3) is 11.3 Å². The molecule has 0 bridgehead atoms. The second-order valence-corrected chi connectivity index (χ2v) is 8.62. The predicted molar refractivity (Wildman–Crippen MR) is 147 cm³/mol. The van der Waals surface area contributed by atoms with Gasteiger partial charge < -0.3 is 15.0 Å². The number of ether oxygens (including phenoxy) is 1. The number of carbonyl (C=O) groups is 2. The van der Waals surface area contributed by atoms with Crippen LogP contribution in [0.1, 0.15) is 25.0 Å². The molecule has 3 aromatic rings. The molecule has 198 valence electrons. The molecule has 0 aliphatic heterocycles. The van der Waals surface area contributed by atoms with Crippen LogP contribution in [-0.2, 0) is 22.5 Å². The van der Waals surface area contributed by atoms with E-state index in [0.29, 0.717) is 26.1 Å². The summed E-state index contributed by atoms with van der Waals surface area (Å²) < 4.78 is 6.16. The van der Waals surface area contributed by atoms with Crippen molar-refractivity contribution in [3.05, 3.63) is 82.1 Å². The number of rotatable bonds is 9. The van der Waals surface area contributed by atoms with E-state index in [2.05, 4.69) is 15.7 Å². The monoisotopic (exact) mass is 507 g/mol. The Kier molecular flexibility index (Phi) is 12.0. The van der Waals surface area contributed by atoms with Crippen molar-refractivity contribution in [2.75, 3.05) is 39.1 Å². The van der Waals surface area contributed by atoms with Crippen LogP contribution in [0.4, 0.5) is 10.5 Å². The number of likely N-dealkylation sites (N-methyl/N-ethyl adjacent to an activating group) is 1. The first kappa shape index (κ1) is 29.3. The molecule has 2 aromatic carbocycles. The van der Waals surface area contributed by atoms with Crippen molar-refractivity contribution in [1.82, 2.24) is 20.0 Å². The first-order chi connectivity index (χ1) is 17.7. The Morgan fingerprint density at radius 3 is 2.46 bits per heavy atom. The molecule has 9 nitrogen and oxygen atoms in total. The molecular weight excluding hydrogens is 470 g/mol. The lowest BCUT2D eigenvalue weighted by Gasteiger charge is -2.11. The highest BCUT2D eigenvalue weighted by molar-refractivity contribution is 5.84. The zero-order chi connectivity index (χ0) is 27.2. The van der Waals surface area contributed by atoms with Gasteiger partial charge >= 0.3 is 6.09 Å². The molecule has 2 N–H and O–H groups in total. The van der Waals surface area contributed by atoms with Crippen molar-refractivity contribution in [2.24, 2.45) is 0 Å². The van der Waals surface area contributed by atoms with Gasteiger partial charge in [-0.1, -0.05) is 30.3 Å². The molecule has 0 saturated carbocycles. The Balaban J connectivity index is 0.000000312. The fourth-order valence-electron chi connectivity index (χ4n) is 3.34. The third kappa shape index (κ3) is 10.7. The summed E-state index contributed by atoms with van der Waals surface area (Å²) in [5.41, 5.74) is 4.30. The van der Waals surface area contributed by atoms with Crippen LogP contribution in [0.3, 0.4) is 0 Å². The maximum atomic E-state index is 12.0. The number of aromatic nitrogens is 2. The van der Waals surface area contributed by atoms with E-state index in [0.717, 1.165) is 34.6 Å². The van der Waals surface area contributed by atoms with E-state index in [1.807, 2.05) is 81.4 Å². The molecule has 2 amide bonds. The maximum absolute atomic E-state index is 12.0. The Morgan fingerprint density at radius 1 is 1.03 bits per heavy atom. The smallest absolute Gasteiger partial charge is 0.411 e. The SMILES string of the molecule is CCOC(=O)Nc1cccc(C)c1.CCn1nc(-c2cccc(CC(=O)NCCN(C)C)c2)ccc1=O. The summed E-state index contributed by atoms with van der Waals surface area (Å²) in [5.74, 6) is 0.000451. The molecule has 0 spiro atoms. The highest BCUT2D eigenvalue weighted by Crippen LogP contribution is 2.17. The largest absolute Gasteiger partial charge is 0.450 e. The number of amides is 2. The fourth-order valence-corrected chi connectivity index (χ4v) is 3.34. The maximum Gasteiger partial charge on any atom is 0.411 e. The van der Waals surface area contributed by atoms with Crippen LogP contribution < -0.4 is 16.2 Å². The summed E-state index contributed by atoms with van der Waals surface area (Å²) in [6.07, 6.45) is -0.0811. The first-order valence-electron chi connectivity index (χ1n) is 12.3. The zero-order valence-electron chi connectivity index (χ0n) is 22.3. The number of nitrogens with one attached hydrogen (secondary N) is 2. The van der Waals surface area contributed by atoms with E-state index >= 15 is 0 Å². The highest BCUT2D eigenvalue weighted by Gasteiger charge is 2.07. The Morgan fingerprint density at radius 2 is 1.78 bits per heavy atom. The van der Waals surface area contributed by atoms with Crippen LogP contribution in [0, 0.1) is 6.92 Å². The van der Waals surface area contributed by atoms with Gasteiger partial charge in [0, 0.05) is 37.0 Å². The minimum absolute atomic E-state index is 0.000451. The van der Waals surface area contributed by atoms with E-state index in [1.54, 1.807) is 13.0 Å². The third-order valence-electron chi connectivity index (χ3n) is 5.17. The van der Waals surface area contributed by atoms with Crippen molar-refractivity contribution in [2.45, 2.75) is 33.7 Å². The number of nitrogens with zero attached hydrogens (tertiary/aromatic N) is 3. The number of anilines is 1. The van der Waals surface area contributed by atoms with Gasteiger partial charge in [0.05, 0.1) is 18.7 Å². The topological polar surface area (TPSA) is 106 Å². The van der Waals surface area contributed by atoms with Crippen molar-refractivity contribution < 1.29 is 14.3 Å². The summed E-state index contributed by atoms with van der Waals surface area (Å²) in [4.78, 5) is 36.6. The van der Waals surface area contributed by atoms with Gasteiger partial charge in [-0.25, -0.2) is 9.48 Å². The molecule has 3 rings (SSSR count). The average Bonchev–Trinajstić information content (AvgIpc) is 2.85. The summed E-state index contributed by atoms with van der Waals surface area (Å²) in [5, 5.41) is 9.88. The molecule has 1 aromatic heterocycles. The van der Waals surface area contributed by atoms with Crippen LogP contribution in [0.15, 0.2) is 65.5 Å². The molecule has 0 aliphatic rings. The van der Waals surface area contributed by atoms with E-state index in [4.69, 9.17) is 4.74 Å². The normalized spacial score (nSPS) is 10.3. The summed E-state index contributed by atoms with van der Waals surface area (Å²) in [6, 6.07) is 18.5. The van der Waals surface area contributed by atoms with Crippen molar-refractivity contribution in [3.63, 3.8) is 0 Å². The summed E-state index contributed by atoms with van der Waals surface area (Å²) in [7, 11) is 3.94. The zero-order valence-corrected chi connectivity index (χ0v) is 22.3. The molecule has 0 atom stereocenters. The van der Waals surface area contributed by atoms with Gasteiger partial charge in [0.25, 0.3) is 5.56 Å². The lowest BCUT2D eigenvalue weighted by Crippen LogP contribution is -2.32. The molecule has 9 heteroatoms. The van der Waals surface area contributed by atoms with E-state index in [-0.39, 0.29) is 11.5 Å². The van der Waals surface area contributed by atoms with Crippen LogP contribution in [0.5, 0.6) is 0 Å². The van der Waals surface area contributed by atoms with E-state index in [9.17, 15) is 14.4 Å². The molecule has 37 heavy (non-hydrogen) atoms. The third-order valence-corrected chi connectivity index (χ3v) is 5.17. The minimum Gasteiger partial charge on any atom is -0.450 e. The van der Waals surface area contributed by atoms with Crippen molar-refractivity contribution in [1.29, 1.82) is 0 Å². The Hall–Kier alpha value is -3.98. The molecule has 0 fully saturated rings. The Labute approximate surface area is 218 Å². The molecule has 1 heterocycles. The molecule has 0 aliphatic carbocycles. The van der Waals surface area contributed by atoms with Gasteiger partial charge in [0.1, 0.15) is 0 Å². The van der Waals surface area contributed by atoms with E-state index in [1.165, 1.54) is 10.7 Å². The second-order valence-electron chi connectivity index (χ2n) is 8.62. The average molecular weight is 508 g/mol. The van der Waals surface area contributed by atoms with Crippen molar-refractivity contribution >= 4 is 17.7 Å². The van der Waals surface area contributed by atoms with Gasteiger partial charge in [-0.15, -0.1) is 0 Å². The summed E-state index contributed by atoms with van der Waals surface area (Å²) in [6.45, 7) is 7.99. The highest BCUT2D eigenvalue weighted by atomic mass is 16.5. The molecule has 0 saturated heterocycles. The number of hydrogen-bond donors (Lipinski definition) is 2. The fraction of sp³-hybridized carbons (Fsp3) is 0.357. The van der Waals surface area contributed by atoms with Crippen LogP contribution in [0.2, 0.25) is 0 Å². The number of benzene rings is 2. The van der Waals surface area contributed by atoms with Gasteiger partial charge in [0.15, 0.2) is 0 Å². The lowest BCUT2D eigenvalue weighted by atomic mass is 10.1. The standard InChI is InChI=1S/C18H24N4O2.C10H13NO2/c1-4-22-18(24)9-8-16(20-22)15-7-5-6-14(12-15)13-17(23)19-10-11-21(2)3;1-3-13-10(12)11-9-6-4-5-8(2)7-9/h5-9,12H,4,10-11,13H2,1-3H3,(H,19,23);4-7H,3H2,1-2H3,(H,11,12). The first-order valence-corrected chi connectivity index (χ1v) is 12.3. The van der Waals surface area contributed by atoms with Gasteiger partial charge in [0.2, 0.25) is 5.91 Å².